The highest BCUT2D eigenvalue weighted by molar-refractivity contribution is 5.92. The lowest BCUT2D eigenvalue weighted by Crippen LogP contribution is -2.40. The smallest absolute Gasteiger partial charge is 0.238 e. The first-order valence-electron chi connectivity index (χ1n) is 8.39. The number of nitrogens with two attached hydrogens (primary N) is 1. The maximum atomic E-state index is 13.7. The van der Waals surface area contributed by atoms with Crippen molar-refractivity contribution in [3.8, 4) is 0 Å². The fourth-order valence-corrected chi connectivity index (χ4v) is 3.16. The molecule has 7 nitrogen and oxygen atoms in total. The maximum Gasteiger partial charge on any atom is 0.238 e. The zero-order valence-electron chi connectivity index (χ0n) is 14.5. The van der Waals surface area contributed by atoms with Crippen LogP contribution in [0.2, 0.25) is 0 Å². The number of aromatic nitrogens is 3. The SMILES string of the molecule is Cc1ccc(F)c(NC(=O)CN2CCC(n3nc(C)nc3N)CC2)c1. The summed E-state index contributed by atoms with van der Waals surface area (Å²) in [4.78, 5) is 18.4. The van der Waals surface area contributed by atoms with Crippen LogP contribution in [-0.4, -0.2) is 45.2 Å². The van der Waals surface area contributed by atoms with Crippen molar-refractivity contribution in [2.24, 2.45) is 0 Å². The Balaban J connectivity index is 1.52. The Morgan fingerprint density at radius 3 is 2.72 bits per heavy atom. The van der Waals surface area contributed by atoms with E-state index in [0.717, 1.165) is 31.5 Å². The van der Waals surface area contributed by atoms with Gasteiger partial charge in [-0.3, -0.25) is 9.69 Å². The first-order chi connectivity index (χ1) is 11.9. The summed E-state index contributed by atoms with van der Waals surface area (Å²) in [6.07, 6.45) is 1.69. The Hall–Kier alpha value is -2.48. The number of anilines is 2. The number of hydrogen-bond acceptors (Lipinski definition) is 5. The number of nitrogens with one attached hydrogen (secondary N) is 1. The number of amides is 1. The predicted octanol–water partition coefficient (Wildman–Crippen LogP) is 1.89. The number of benzene rings is 1. The van der Waals surface area contributed by atoms with Crippen molar-refractivity contribution in [3.63, 3.8) is 0 Å². The molecule has 0 radical (unpaired) electrons. The summed E-state index contributed by atoms with van der Waals surface area (Å²) < 4.78 is 15.5. The number of nitrogen functional groups attached to an aromatic ring is 1. The molecule has 0 saturated carbocycles. The Morgan fingerprint density at radius 2 is 2.08 bits per heavy atom. The van der Waals surface area contributed by atoms with Gasteiger partial charge >= 0.3 is 0 Å². The number of carbonyl (C=O) groups is 1. The summed E-state index contributed by atoms with van der Waals surface area (Å²) in [5.41, 5.74) is 7.00. The van der Waals surface area contributed by atoms with Crippen LogP contribution >= 0.6 is 0 Å². The Morgan fingerprint density at radius 1 is 1.36 bits per heavy atom. The van der Waals surface area contributed by atoms with Gasteiger partial charge in [0.25, 0.3) is 0 Å². The van der Waals surface area contributed by atoms with Crippen LogP contribution in [0.5, 0.6) is 0 Å². The van der Waals surface area contributed by atoms with Crippen LogP contribution in [0.15, 0.2) is 18.2 Å². The molecule has 1 aromatic heterocycles. The highest BCUT2D eigenvalue weighted by atomic mass is 19.1. The van der Waals surface area contributed by atoms with Gasteiger partial charge in [0, 0.05) is 13.1 Å². The monoisotopic (exact) mass is 346 g/mol. The fraction of sp³-hybridized carbons (Fsp3) is 0.471. The number of rotatable bonds is 4. The van der Waals surface area contributed by atoms with E-state index in [9.17, 15) is 9.18 Å². The number of likely N-dealkylation sites (tertiary alicyclic amines) is 1. The van der Waals surface area contributed by atoms with Crippen molar-refractivity contribution in [2.75, 3.05) is 30.7 Å². The molecule has 0 atom stereocenters. The summed E-state index contributed by atoms with van der Waals surface area (Å²) in [6, 6.07) is 4.87. The Labute approximate surface area is 146 Å². The van der Waals surface area contributed by atoms with Gasteiger partial charge in [0.1, 0.15) is 11.6 Å². The van der Waals surface area contributed by atoms with Gasteiger partial charge in [-0.2, -0.15) is 10.1 Å². The van der Waals surface area contributed by atoms with Crippen molar-refractivity contribution in [1.29, 1.82) is 0 Å². The van der Waals surface area contributed by atoms with Gasteiger partial charge in [-0.05, 0) is 44.4 Å². The molecule has 0 aliphatic carbocycles. The van der Waals surface area contributed by atoms with Gasteiger partial charge in [-0.25, -0.2) is 9.07 Å². The van der Waals surface area contributed by atoms with Crippen LogP contribution in [0, 0.1) is 19.7 Å². The van der Waals surface area contributed by atoms with Crippen LogP contribution in [0.1, 0.15) is 30.3 Å². The van der Waals surface area contributed by atoms with Gasteiger partial charge in [0.15, 0.2) is 0 Å². The second-order valence-corrected chi connectivity index (χ2v) is 6.50. The number of halogens is 1. The zero-order chi connectivity index (χ0) is 18.0. The minimum absolute atomic E-state index is 0.203. The molecule has 0 bridgehead atoms. The van der Waals surface area contributed by atoms with Crippen molar-refractivity contribution >= 4 is 17.5 Å². The molecular weight excluding hydrogens is 323 g/mol. The number of nitrogens with zero attached hydrogens (tertiary/aromatic N) is 4. The van der Waals surface area contributed by atoms with E-state index in [1.807, 2.05) is 13.8 Å². The van der Waals surface area contributed by atoms with E-state index < -0.39 is 5.82 Å². The zero-order valence-corrected chi connectivity index (χ0v) is 14.5. The maximum absolute atomic E-state index is 13.7. The van der Waals surface area contributed by atoms with Gasteiger partial charge < -0.3 is 11.1 Å². The van der Waals surface area contributed by atoms with E-state index in [-0.39, 0.29) is 24.2 Å². The van der Waals surface area contributed by atoms with E-state index in [0.29, 0.717) is 11.8 Å². The van der Waals surface area contributed by atoms with Crippen LogP contribution in [-0.2, 0) is 4.79 Å². The highest BCUT2D eigenvalue weighted by Crippen LogP contribution is 2.24. The third kappa shape index (κ3) is 4.14. The normalized spacial score (nSPS) is 16.1. The molecule has 0 spiro atoms. The predicted molar refractivity (Wildman–Crippen MR) is 93.6 cm³/mol. The second-order valence-electron chi connectivity index (χ2n) is 6.50. The number of hydrogen-bond donors (Lipinski definition) is 2. The van der Waals surface area contributed by atoms with Crippen molar-refractivity contribution in [2.45, 2.75) is 32.7 Å². The summed E-state index contributed by atoms with van der Waals surface area (Å²) >= 11 is 0. The van der Waals surface area contributed by atoms with Crippen molar-refractivity contribution in [3.05, 3.63) is 35.4 Å². The van der Waals surface area contributed by atoms with E-state index in [4.69, 9.17) is 5.73 Å². The molecule has 8 heteroatoms. The molecule has 1 amide bonds. The summed E-state index contributed by atoms with van der Waals surface area (Å²) in [5, 5.41) is 6.99. The van der Waals surface area contributed by atoms with Crippen molar-refractivity contribution < 1.29 is 9.18 Å². The lowest BCUT2D eigenvalue weighted by molar-refractivity contribution is -0.117. The topological polar surface area (TPSA) is 89.1 Å². The number of aryl methyl sites for hydroxylation is 2. The van der Waals surface area contributed by atoms with Gasteiger partial charge in [0.05, 0.1) is 18.3 Å². The van der Waals surface area contributed by atoms with Crippen LogP contribution in [0.3, 0.4) is 0 Å². The van der Waals surface area contributed by atoms with E-state index in [1.165, 1.54) is 6.07 Å². The first kappa shape index (κ1) is 17.3. The third-order valence-corrected chi connectivity index (χ3v) is 4.43. The van der Waals surface area contributed by atoms with Gasteiger partial charge in [0.2, 0.25) is 11.9 Å². The van der Waals surface area contributed by atoms with Gasteiger partial charge in [-0.1, -0.05) is 6.07 Å². The lowest BCUT2D eigenvalue weighted by atomic mass is 10.1. The van der Waals surface area contributed by atoms with E-state index >= 15 is 0 Å². The fourth-order valence-electron chi connectivity index (χ4n) is 3.16. The van der Waals surface area contributed by atoms with Gasteiger partial charge in [-0.15, -0.1) is 0 Å². The molecular formula is C17H23FN6O. The molecule has 1 aromatic carbocycles. The summed E-state index contributed by atoms with van der Waals surface area (Å²) in [6.45, 7) is 5.43. The molecule has 3 rings (SSSR count). The molecule has 1 aliphatic heterocycles. The molecule has 1 aliphatic rings. The largest absolute Gasteiger partial charge is 0.368 e. The molecule has 1 saturated heterocycles. The molecule has 25 heavy (non-hydrogen) atoms. The van der Waals surface area contributed by atoms with Crippen molar-refractivity contribution in [1.82, 2.24) is 19.7 Å². The highest BCUT2D eigenvalue weighted by Gasteiger charge is 2.24. The molecule has 2 aromatic rings. The number of piperidine rings is 1. The molecule has 3 N–H and O–H groups in total. The average Bonchev–Trinajstić information content (AvgIpc) is 2.90. The third-order valence-electron chi connectivity index (χ3n) is 4.43. The first-order valence-corrected chi connectivity index (χ1v) is 8.39. The summed E-state index contributed by atoms with van der Waals surface area (Å²) in [7, 11) is 0. The van der Waals surface area contributed by atoms with E-state index in [1.54, 1.807) is 16.8 Å². The Bertz CT molecular complexity index is 766. The quantitative estimate of drug-likeness (QED) is 0.882. The van der Waals surface area contributed by atoms with E-state index in [2.05, 4.69) is 20.3 Å². The molecule has 2 heterocycles. The molecule has 0 unspecified atom stereocenters. The Kier molecular flexibility index (Phi) is 4.98. The second kappa shape index (κ2) is 7.18. The lowest BCUT2D eigenvalue weighted by Gasteiger charge is -2.31. The standard InChI is InChI=1S/C17H23FN6O/c1-11-3-4-14(18)15(9-11)21-16(25)10-23-7-5-13(6-8-23)24-17(19)20-12(2)22-24/h3-4,9,13H,5-8,10H2,1-2H3,(H,21,25)(H2,19,20,22). The molecule has 134 valence electrons. The summed E-state index contributed by atoms with van der Waals surface area (Å²) in [5.74, 6) is 0.469. The minimum atomic E-state index is -0.422. The number of carbonyl (C=O) groups excluding carboxylic acids is 1. The molecule has 1 fully saturated rings. The van der Waals surface area contributed by atoms with Crippen LogP contribution in [0.4, 0.5) is 16.0 Å². The average molecular weight is 346 g/mol. The van der Waals surface area contributed by atoms with Crippen LogP contribution < -0.4 is 11.1 Å². The van der Waals surface area contributed by atoms with Crippen LogP contribution in [0.25, 0.3) is 0 Å². The minimum Gasteiger partial charge on any atom is -0.368 e.